The molecule has 0 aromatic rings. The minimum Gasteiger partial charge on any atom is -0.466 e. The number of rotatable bonds is 17. The summed E-state index contributed by atoms with van der Waals surface area (Å²) in [5.74, 6) is -0.889. The zero-order chi connectivity index (χ0) is 27.5. The van der Waals surface area contributed by atoms with Gasteiger partial charge in [-0.3, -0.25) is 0 Å². The Labute approximate surface area is 215 Å². The van der Waals surface area contributed by atoms with Crippen molar-refractivity contribution in [2.75, 3.05) is 20.3 Å². The smallest absolute Gasteiger partial charge is 0.333 e. The van der Waals surface area contributed by atoms with Crippen LogP contribution in [0.3, 0.4) is 0 Å². The van der Waals surface area contributed by atoms with Crippen LogP contribution in [-0.2, 0) is 28.6 Å². The van der Waals surface area contributed by atoms with E-state index in [2.05, 4.69) is 38.3 Å². The highest BCUT2D eigenvalue weighted by atomic mass is 16.5. The molecule has 0 aromatic heterocycles. The van der Waals surface area contributed by atoms with Crippen molar-refractivity contribution in [2.24, 2.45) is 0 Å². The fourth-order valence-electron chi connectivity index (χ4n) is 2.48. The third-order valence-electron chi connectivity index (χ3n) is 4.69. The Kier molecular flexibility index (Phi) is 29.6. The lowest BCUT2D eigenvalue weighted by atomic mass is 10.1. The molecule has 0 rings (SSSR count). The van der Waals surface area contributed by atoms with Crippen molar-refractivity contribution < 1.29 is 28.6 Å². The van der Waals surface area contributed by atoms with Gasteiger partial charge in [-0.15, -0.1) is 0 Å². The first kappa shape index (κ1) is 37.2. The van der Waals surface area contributed by atoms with Crippen molar-refractivity contribution in [3.05, 3.63) is 36.5 Å². The molecule has 0 amide bonds. The van der Waals surface area contributed by atoms with Gasteiger partial charge in [-0.05, 0) is 33.6 Å². The Bertz CT molecular complexity index is 606. The second-order valence-electron chi connectivity index (χ2n) is 8.64. The van der Waals surface area contributed by atoms with E-state index in [1.165, 1.54) is 64.9 Å². The molecule has 0 heterocycles. The largest absolute Gasteiger partial charge is 0.466 e. The van der Waals surface area contributed by atoms with E-state index in [0.29, 0.717) is 29.9 Å². The summed E-state index contributed by atoms with van der Waals surface area (Å²) in [7, 11) is 1.33. The first-order valence-electron chi connectivity index (χ1n) is 12.9. The topological polar surface area (TPSA) is 78.9 Å². The van der Waals surface area contributed by atoms with Crippen molar-refractivity contribution >= 4 is 17.9 Å². The quantitative estimate of drug-likeness (QED) is 0.0889. The zero-order valence-corrected chi connectivity index (χ0v) is 23.5. The number of methoxy groups -OCH3 is 1. The lowest BCUT2D eigenvalue weighted by Crippen LogP contribution is -2.05. The SMILES string of the molecule is C=C(C)C(=O)OC.C=C(C)C(=O)OCCCC.C=C(C)C(=O)OCCCCCCCCCCCC. The second-order valence-corrected chi connectivity index (χ2v) is 8.64. The summed E-state index contributed by atoms with van der Waals surface area (Å²) in [6.45, 7) is 20.7. The van der Waals surface area contributed by atoms with E-state index in [-0.39, 0.29) is 17.9 Å². The van der Waals surface area contributed by atoms with Crippen molar-refractivity contribution in [1.29, 1.82) is 0 Å². The van der Waals surface area contributed by atoms with Crippen LogP contribution in [0, 0.1) is 0 Å². The van der Waals surface area contributed by atoms with Gasteiger partial charge in [-0.2, -0.15) is 0 Å². The van der Waals surface area contributed by atoms with Crippen LogP contribution in [0.1, 0.15) is 112 Å². The number of unbranched alkanes of at least 4 members (excludes halogenated alkanes) is 10. The Morgan fingerprint density at radius 3 is 1.11 bits per heavy atom. The minimum atomic E-state index is -0.347. The molecule has 0 atom stereocenters. The van der Waals surface area contributed by atoms with Gasteiger partial charge in [-0.1, -0.05) is 97.8 Å². The summed E-state index contributed by atoms with van der Waals surface area (Å²) in [4.78, 5) is 32.0. The third-order valence-corrected chi connectivity index (χ3v) is 4.69. The standard InChI is InChI=1S/C16H30O2.C8H14O2.C5H8O2/c1-4-5-6-7-8-9-10-11-12-13-14-18-16(17)15(2)3;1-4-5-6-10-8(9)7(2)3;1-4(2)5(6)7-3/h2,4-14H2,1,3H3;2,4-6H2,1,3H3;1H2,2-3H3. The molecule has 0 aromatic carbocycles. The third kappa shape index (κ3) is 31.6. The van der Waals surface area contributed by atoms with Gasteiger partial charge in [0.25, 0.3) is 0 Å². The van der Waals surface area contributed by atoms with Gasteiger partial charge in [0.05, 0.1) is 20.3 Å². The van der Waals surface area contributed by atoms with E-state index in [9.17, 15) is 14.4 Å². The molecule has 0 radical (unpaired) electrons. The number of carbonyl (C=O) groups is 3. The average Bonchev–Trinajstić information content (AvgIpc) is 2.82. The van der Waals surface area contributed by atoms with Crippen LogP contribution in [0.25, 0.3) is 0 Å². The van der Waals surface area contributed by atoms with Crippen LogP contribution >= 0.6 is 0 Å². The first-order valence-corrected chi connectivity index (χ1v) is 12.9. The van der Waals surface area contributed by atoms with E-state index in [0.717, 1.165) is 19.3 Å². The maximum atomic E-state index is 11.1. The lowest BCUT2D eigenvalue weighted by Gasteiger charge is -2.04. The first-order chi connectivity index (χ1) is 16.5. The second kappa shape index (κ2) is 27.9. The van der Waals surface area contributed by atoms with Gasteiger partial charge in [0.1, 0.15) is 0 Å². The van der Waals surface area contributed by atoms with E-state index in [4.69, 9.17) is 9.47 Å². The van der Waals surface area contributed by atoms with E-state index >= 15 is 0 Å². The summed E-state index contributed by atoms with van der Waals surface area (Å²) in [6, 6.07) is 0. The number of esters is 3. The van der Waals surface area contributed by atoms with Gasteiger partial charge in [0, 0.05) is 16.7 Å². The monoisotopic (exact) mass is 496 g/mol. The summed E-state index contributed by atoms with van der Waals surface area (Å²) >= 11 is 0. The molecule has 0 spiro atoms. The van der Waals surface area contributed by atoms with Crippen LogP contribution in [0.4, 0.5) is 0 Å². The molecule has 0 N–H and O–H groups in total. The molecule has 0 unspecified atom stereocenters. The van der Waals surface area contributed by atoms with Crippen LogP contribution in [0.5, 0.6) is 0 Å². The Morgan fingerprint density at radius 1 is 0.514 bits per heavy atom. The molecule has 35 heavy (non-hydrogen) atoms. The molecule has 0 aliphatic heterocycles. The fourth-order valence-corrected chi connectivity index (χ4v) is 2.48. The molecule has 0 saturated carbocycles. The van der Waals surface area contributed by atoms with Crippen LogP contribution in [-0.4, -0.2) is 38.2 Å². The zero-order valence-electron chi connectivity index (χ0n) is 23.5. The van der Waals surface area contributed by atoms with Gasteiger partial charge >= 0.3 is 17.9 Å². The lowest BCUT2D eigenvalue weighted by molar-refractivity contribution is -0.139. The van der Waals surface area contributed by atoms with Gasteiger partial charge < -0.3 is 14.2 Å². The van der Waals surface area contributed by atoms with E-state index in [1.807, 2.05) is 0 Å². The Hall–Kier alpha value is -2.37. The predicted octanol–water partition coefficient (Wildman–Crippen LogP) is 7.67. The van der Waals surface area contributed by atoms with Crippen molar-refractivity contribution in [2.45, 2.75) is 112 Å². The number of hydrogen-bond acceptors (Lipinski definition) is 6. The predicted molar refractivity (Wildman–Crippen MR) is 145 cm³/mol. The molecule has 0 saturated heterocycles. The molecular formula is C29H52O6. The Morgan fingerprint density at radius 2 is 0.829 bits per heavy atom. The van der Waals surface area contributed by atoms with Crippen LogP contribution < -0.4 is 0 Å². The molecule has 0 fully saturated rings. The summed E-state index contributed by atoms with van der Waals surface area (Å²) in [5.41, 5.74) is 1.39. The fraction of sp³-hybridized carbons (Fsp3) is 0.690. The highest BCUT2D eigenvalue weighted by Crippen LogP contribution is 2.10. The molecule has 6 heteroatoms. The maximum Gasteiger partial charge on any atom is 0.333 e. The van der Waals surface area contributed by atoms with Crippen molar-refractivity contribution in [3.8, 4) is 0 Å². The van der Waals surface area contributed by atoms with E-state index in [1.54, 1.807) is 20.8 Å². The molecule has 6 nitrogen and oxygen atoms in total. The van der Waals surface area contributed by atoms with Gasteiger partial charge in [-0.25, -0.2) is 14.4 Å². The molecule has 0 aliphatic rings. The molecule has 0 aliphatic carbocycles. The van der Waals surface area contributed by atoms with E-state index < -0.39 is 0 Å². The number of carbonyl (C=O) groups excluding carboxylic acids is 3. The highest BCUT2D eigenvalue weighted by Gasteiger charge is 2.02. The molecule has 204 valence electrons. The summed E-state index contributed by atoms with van der Waals surface area (Å²) in [5, 5.41) is 0. The molecular weight excluding hydrogens is 444 g/mol. The Balaban J connectivity index is -0.000000504. The maximum absolute atomic E-state index is 11.1. The summed E-state index contributed by atoms with van der Waals surface area (Å²) < 4.78 is 14.1. The normalized spacial score (nSPS) is 9.43. The number of hydrogen-bond donors (Lipinski definition) is 0. The molecule has 0 bridgehead atoms. The average molecular weight is 497 g/mol. The highest BCUT2D eigenvalue weighted by molar-refractivity contribution is 5.87. The van der Waals surface area contributed by atoms with Crippen LogP contribution in [0.2, 0.25) is 0 Å². The van der Waals surface area contributed by atoms with Crippen molar-refractivity contribution in [1.82, 2.24) is 0 Å². The minimum absolute atomic E-state index is 0.258. The van der Waals surface area contributed by atoms with Crippen LogP contribution in [0.15, 0.2) is 36.5 Å². The number of ether oxygens (including phenoxy) is 3. The van der Waals surface area contributed by atoms with Gasteiger partial charge in [0.15, 0.2) is 0 Å². The van der Waals surface area contributed by atoms with Gasteiger partial charge in [0.2, 0.25) is 0 Å². The summed E-state index contributed by atoms with van der Waals surface area (Å²) in [6.07, 6.45) is 14.9. The van der Waals surface area contributed by atoms with Crippen molar-refractivity contribution in [3.63, 3.8) is 0 Å².